The Kier molecular flexibility index (Phi) is 4.24. The van der Waals surface area contributed by atoms with E-state index in [2.05, 4.69) is 10.3 Å². The van der Waals surface area contributed by atoms with Crippen LogP contribution in [-0.4, -0.2) is 22.6 Å². The normalized spacial score (nSPS) is 25.8. The average molecular weight is 339 g/mol. The Labute approximate surface area is 148 Å². The first-order valence-electron chi connectivity index (χ1n) is 9.07. The van der Waals surface area contributed by atoms with Gasteiger partial charge in [0.2, 0.25) is 5.91 Å². The number of ether oxygens (including phenoxy) is 1. The maximum absolute atomic E-state index is 13.0. The van der Waals surface area contributed by atoms with Crippen molar-refractivity contribution < 1.29 is 9.53 Å². The number of amides is 1. The fraction of sp³-hybridized carbons (Fsp3) is 0.500. The van der Waals surface area contributed by atoms with Crippen LogP contribution in [0.4, 0.5) is 0 Å². The van der Waals surface area contributed by atoms with Gasteiger partial charge in [-0.2, -0.15) is 0 Å². The molecule has 4 unspecified atom stereocenters. The molecule has 5 nitrogen and oxygen atoms in total. The summed E-state index contributed by atoms with van der Waals surface area (Å²) in [4.78, 5) is 17.5. The quantitative estimate of drug-likeness (QED) is 0.911. The highest BCUT2D eigenvalue weighted by Gasteiger charge is 2.43. The Balaban J connectivity index is 1.59. The summed E-state index contributed by atoms with van der Waals surface area (Å²) in [5.74, 6) is 3.33. The van der Waals surface area contributed by atoms with Crippen LogP contribution in [0.5, 0.6) is 5.75 Å². The second kappa shape index (κ2) is 6.54. The van der Waals surface area contributed by atoms with E-state index in [0.29, 0.717) is 5.92 Å². The topological polar surface area (TPSA) is 56.1 Å². The lowest BCUT2D eigenvalue weighted by Gasteiger charge is -2.25. The van der Waals surface area contributed by atoms with E-state index < -0.39 is 0 Å². The van der Waals surface area contributed by atoms with Gasteiger partial charge in [0.25, 0.3) is 0 Å². The van der Waals surface area contributed by atoms with Gasteiger partial charge in [-0.25, -0.2) is 4.98 Å². The summed E-state index contributed by atoms with van der Waals surface area (Å²) in [5.41, 5.74) is 1.02. The smallest absolute Gasteiger partial charge is 0.224 e. The van der Waals surface area contributed by atoms with Crippen molar-refractivity contribution in [2.45, 2.75) is 31.7 Å². The second-order valence-corrected chi connectivity index (χ2v) is 7.39. The maximum atomic E-state index is 13.0. The lowest BCUT2D eigenvalue weighted by molar-refractivity contribution is -0.127. The molecule has 1 aromatic heterocycles. The number of benzene rings is 1. The monoisotopic (exact) mass is 339 g/mol. The Morgan fingerprint density at radius 2 is 2.08 bits per heavy atom. The Hall–Kier alpha value is -2.30. The highest BCUT2D eigenvalue weighted by atomic mass is 16.5. The summed E-state index contributed by atoms with van der Waals surface area (Å²) in [6.07, 6.45) is 8.47. The van der Waals surface area contributed by atoms with Crippen LogP contribution in [0.2, 0.25) is 0 Å². The van der Waals surface area contributed by atoms with E-state index in [0.717, 1.165) is 29.5 Å². The SMILES string of the molecule is COc1ccc(C(NC(=O)C2CC3CCC2C3)c2nccn2C)cc1. The van der Waals surface area contributed by atoms with Crippen LogP contribution in [0.15, 0.2) is 36.7 Å². The molecule has 4 atom stereocenters. The van der Waals surface area contributed by atoms with Crippen molar-refractivity contribution >= 4 is 5.91 Å². The number of aromatic nitrogens is 2. The van der Waals surface area contributed by atoms with Crippen LogP contribution in [0.3, 0.4) is 0 Å². The molecule has 0 radical (unpaired) electrons. The van der Waals surface area contributed by atoms with Crippen molar-refractivity contribution in [3.05, 3.63) is 48.0 Å². The summed E-state index contributed by atoms with van der Waals surface area (Å²) in [6.45, 7) is 0. The van der Waals surface area contributed by atoms with Crippen LogP contribution in [0.25, 0.3) is 0 Å². The zero-order valence-electron chi connectivity index (χ0n) is 14.8. The van der Waals surface area contributed by atoms with Crippen molar-refractivity contribution in [3.8, 4) is 5.75 Å². The van der Waals surface area contributed by atoms with E-state index in [1.54, 1.807) is 13.3 Å². The lowest BCUT2D eigenvalue weighted by Crippen LogP contribution is -2.37. The molecular formula is C20H25N3O2. The molecule has 1 aromatic carbocycles. The third-order valence-electron chi connectivity index (χ3n) is 5.93. The molecule has 4 rings (SSSR count). The van der Waals surface area contributed by atoms with Crippen LogP contribution in [-0.2, 0) is 11.8 Å². The molecule has 1 amide bonds. The first-order valence-corrected chi connectivity index (χ1v) is 9.07. The second-order valence-electron chi connectivity index (χ2n) is 7.39. The Morgan fingerprint density at radius 3 is 2.64 bits per heavy atom. The molecule has 1 heterocycles. The van der Waals surface area contributed by atoms with Crippen LogP contribution in [0, 0.1) is 17.8 Å². The molecule has 25 heavy (non-hydrogen) atoms. The van der Waals surface area contributed by atoms with E-state index in [-0.39, 0.29) is 17.9 Å². The summed E-state index contributed by atoms with van der Waals surface area (Å²) in [6, 6.07) is 7.61. The molecule has 0 spiro atoms. The number of hydrogen-bond donors (Lipinski definition) is 1. The number of nitrogens with zero attached hydrogens (tertiary/aromatic N) is 2. The van der Waals surface area contributed by atoms with Gasteiger partial charge in [0.05, 0.1) is 7.11 Å². The molecule has 2 fully saturated rings. The Bertz CT molecular complexity index is 753. The maximum Gasteiger partial charge on any atom is 0.224 e. The minimum absolute atomic E-state index is 0.166. The first kappa shape index (κ1) is 16.2. The fourth-order valence-corrected chi connectivity index (χ4v) is 4.56. The number of carbonyl (C=O) groups excluding carboxylic acids is 1. The fourth-order valence-electron chi connectivity index (χ4n) is 4.56. The average Bonchev–Trinajstić information content (AvgIpc) is 3.36. The van der Waals surface area contributed by atoms with Crippen molar-refractivity contribution in [2.24, 2.45) is 24.8 Å². The van der Waals surface area contributed by atoms with Gasteiger partial charge in [-0.15, -0.1) is 0 Å². The third-order valence-corrected chi connectivity index (χ3v) is 5.93. The van der Waals surface area contributed by atoms with Crippen molar-refractivity contribution in [3.63, 3.8) is 0 Å². The molecular weight excluding hydrogens is 314 g/mol. The number of imidazole rings is 1. The van der Waals surface area contributed by atoms with E-state index in [1.165, 1.54) is 19.3 Å². The highest BCUT2D eigenvalue weighted by molar-refractivity contribution is 5.80. The van der Waals surface area contributed by atoms with Gasteiger partial charge in [-0.1, -0.05) is 18.6 Å². The molecule has 2 aromatic rings. The van der Waals surface area contributed by atoms with Crippen LogP contribution < -0.4 is 10.1 Å². The summed E-state index contributed by atoms with van der Waals surface area (Å²) in [7, 11) is 3.62. The number of rotatable bonds is 5. The minimum Gasteiger partial charge on any atom is -0.497 e. The van der Waals surface area contributed by atoms with Gasteiger partial charge in [0.1, 0.15) is 17.6 Å². The number of hydrogen-bond acceptors (Lipinski definition) is 3. The van der Waals surface area contributed by atoms with Gasteiger partial charge in [0.15, 0.2) is 0 Å². The molecule has 132 valence electrons. The van der Waals surface area contributed by atoms with E-state index in [4.69, 9.17) is 4.74 Å². The van der Waals surface area contributed by atoms with Crippen molar-refractivity contribution in [2.75, 3.05) is 7.11 Å². The van der Waals surface area contributed by atoms with E-state index >= 15 is 0 Å². The molecule has 2 aliphatic carbocycles. The summed E-state index contributed by atoms with van der Waals surface area (Å²) < 4.78 is 7.22. The van der Waals surface area contributed by atoms with Gasteiger partial charge >= 0.3 is 0 Å². The number of nitrogens with one attached hydrogen (secondary N) is 1. The lowest BCUT2D eigenvalue weighted by atomic mass is 9.88. The van der Waals surface area contributed by atoms with Crippen LogP contribution >= 0.6 is 0 Å². The summed E-state index contributed by atoms with van der Waals surface area (Å²) >= 11 is 0. The number of aryl methyl sites for hydroxylation is 1. The summed E-state index contributed by atoms with van der Waals surface area (Å²) in [5, 5.41) is 3.28. The Morgan fingerprint density at radius 1 is 1.28 bits per heavy atom. The van der Waals surface area contributed by atoms with Gasteiger partial charge in [-0.3, -0.25) is 4.79 Å². The van der Waals surface area contributed by atoms with Crippen LogP contribution in [0.1, 0.15) is 43.1 Å². The van der Waals surface area contributed by atoms with Gasteiger partial charge < -0.3 is 14.6 Å². The molecule has 1 N–H and O–H groups in total. The highest BCUT2D eigenvalue weighted by Crippen LogP contribution is 2.48. The number of carbonyl (C=O) groups is 1. The zero-order chi connectivity index (χ0) is 17.4. The van der Waals surface area contributed by atoms with Gasteiger partial charge in [0, 0.05) is 25.4 Å². The molecule has 2 saturated carbocycles. The third kappa shape index (κ3) is 3.03. The predicted molar refractivity (Wildman–Crippen MR) is 95.1 cm³/mol. The standard InChI is InChI=1S/C20H25N3O2/c1-23-10-9-21-19(23)18(14-5-7-16(25-2)8-6-14)22-20(24)17-12-13-3-4-15(17)11-13/h5-10,13,15,17-18H,3-4,11-12H2,1-2H3,(H,22,24). The molecule has 5 heteroatoms. The number of fused-ring (bicyclic) bond motifs is 2. The van der Waals surface area contributed by atoms with Crippen molar-refractivity contribution in [1.82, 2.24) is 14.9 Å². The molecule has 2 bridgehead atoms. The zero-order valence-corrected chi connectivity index (χ0v) is 14.8. The largest absolute Gasteiger partial charge is 0.497 e. The predicted octanol–water partition coefficient (Wildman–Crippen LogP) is 3.07. The molecule has 0 saturated heterocycles. The van der Waals surface area contributed by atoms with Crippen molar-refractivity contribution in [1.29, 1.82) is 0 Å². The van der Waals surface area contributed by atoms with E-state index in [1.807, 2.05) is 42.1 Å². The molecule has 0 aliphatic heterocycles. The number of methoxy groups -OCH3 is 1. The minimum atomic E-state index is -0.238. The first-order chi connectivity index (χ1) is 12.2. The molecule has 2 aliphatic rings. The van der Waals surface area contributed by atoms with E-state index in [9.17, 15) is 4.79 Å². The van der Waals surface area contributed by atoms with Gasteiger partial charge in [-0.05, 0) is 48.8 Å².